The van der Waals surface area contributed by atoms with Gasteiger partial charge in [-0.2, -0.15) is 5.10 Å². The van der Waals surface area contributed by atoms with Crippen molar-refractivity contribution in [2.24, 2.45) is 0 Å². The van der Waals surface area contributed by atoms with E-state index in [1.165, 1.54) is 11.6 Å². The highest BCUT2D eigenvalue weighted by Crippen LogP contribution is 2.25. The predicted molar refractivity (Wildman–Crippen MR) is 98.9 cm³/mol. The molecule has 0 aliphatic carbocycles. The summed E-state index contributed by atoms with van der Waals surface area (Å²) >= 11 is 0. The van der Waals surface area contributed by atoms with Crippen LogP contribution in [0.2, 0.25) is 0 Å². The van der Waals surface area contributed by atoms with Gasteiger partial charge in [0.15, 0.2) is 0 Å². The summed E-state index contributed by atoms with van der Waals surface area (Å²) < 4.78 is 6.91. The zero-order valence-corrected chi connectivity index (χ0v) is 14.1. The van der Waals surface area contributed by atoms with Crippen LogP contribution in [0.5, 0.6) is 0 Å². The van der Waals surface area contributed by atoms with Crippen molar-refractivity contribution in [1.82, 2.24) is 9.78 Å². The molecular formula is C21H20N2O2. The van der Waals surface area contributed by atoms with E-state index in [9.17, 15) is 4.79 Å². The molecule has 0 saturated carbocycles. The van der Waals surface area contributed by atoms with Crippen molar-refractivity contribution in [1.29, 1.82) is 0 Å². The minimum Gasteiger partial charge on any atom is -0.463 e. The van der Waals surface area contributed by atoms with Crippen LogP contribution in [0.3, 0.4) is 0 Å². The van der Waals surface area contributed by atoms with Crippen LogP contribution >= 0.6 is 0 Å². The Bertz CT molecular complexity index is 852. The molecule has 1 heterocycles. The van der Waals surface area contributed by atoms with Crippen LogP contribution in [0.4, 0.5) is 0 Å². The molecule has 0 N–H and O–H groups in total. The Morgan fingerprint density at radius 3 is 2.44 bits per heavy atom. The second kappa shape index (κ2) is 8.11. The number of rotatable bonds is 6. The lowest BCUT2D eigenvalue weighted by Crippen LogP contribution is -2.04. The number of aromatic nitrogens is 2. The Labute approximate surface area is 147 Å². The molecule has 0 radical (unpaired) electrons. The number of hydrogen-bond acceptors (Lipinski definition) is 3. The molecule has 0 unspecified atom stereocenters. The summed E-state index contributed by atoms with van der Waals surface area (Å²) in [4.78, 5) is 11.6. The van der Waals surface area contributed by atoms with E-state index in [4.69, 9.17) is 4.74 Å². The second-order valence-corrected chi connectivity index (χ2v) is 5.54. The van der Waals surface area contributed by atoms with Gasteiger partial charge < -0.3 is 4.74 Å². The minimum atomic E-state index is -0.350. The maximum atomic E-state index is 11.6. The molecule has 1 aromatic heterocycles. The van der Waals surface area contributed by atoms with Gasteiger partial charge in [-0.3, -0.25) is 4.68 Å². The lowest BCUT2D eigenvalue weighted by molar-refractivity contribution is -0.137. The highest BCUT2D eigenvalue weighted by Gasteiger charge is 2.12. The molecule has 4 heteroatoms. The molecule has 2 aromatic carbocycles. The molecule has 0 aliphatic heterocycles. The van der Waals surface area contributed by atoms with Crippen LogP contribution in [0, 0.1) is 0 Å². The molecule has 0 amide bonds. The van der Waals surface area contributed by atoms with Crippen LogP contribution < -0.4 is 0 Å². The Balaban J connectivity index is 1.97. The normalized spacial score (nSPS) is 10.9. The fourth-order valence-electron chi connectivity index (χ4n) is 2.66. The average Bonchev–Trinajstić information content (AvgIpc) is 3.04. The largest absolute Gasteiger partial charge is 0.463 e. The van der Waals surface area contributed by atoms with Gasteiger partial charge in [0.1, 0.15) is 0 Å². The number of hydrogen-bond donors (Lipinski definition) is 0. The highest BCUT2D eigenvalue weighted by atomic mass is 16.5. The standard InChI is InChI=1S/C21H20N2O2/c1-2-25-20(24)14-13-19-15-22-23(16-17-9-5-3-6-10-17)21(19)18-11-7-4-8-12-18/h3-15H,2,16H2,1H3. The summed E-state index contributed by atoms with van der Waals surface area (Å²) in [5.74, 6) is -0.350. The molecule has 126 valence electrons. The number of carbonyl (C=O) groups excluding carboxylic acids is 1. The van der Waals surface area contributed by atoms with E-state index in [0.29, 0.717) is 13.2 Å². The van der Waals surface area contributed by atoms with Crippen LogP contribution in [-0.4, -0.2) is 22.4 Å². The summed E-state index contributed by atoms with van der Waals surface area (Å²) in [6.07, 6.45) is 4.98. The van der Waals surface area contributed by atoms with E-state index in [0.717, 1.165) is 16.8 Å². The van der Waals surface area contributed by atoms with Gasteiger partial charge in [0.05, 0.1) is 25.0 Å². The predicted octanol–water partition coefficient (Wildman–Crippen LogP) is 4.17. The van der Waals surface area contributed by atoms with Gasteiger partial charge in [0, 0.05) is 17.2 Å². The van der Waals surface area contributed by atoms with Gasteiger partial charge in [0.25, 0.3) is 0 Å². The average molecular weight is 332 g/mol. The first-order valence-electron chi connectivity index (χ1n) is 8.28. The smallest absolute Gasteiger partial charge is 0.330 e. The number of carbonyl (C=O) groups is 1. The Morgan fingerprint density at radius 1 is 1.08 bits per heavy atom. The van der Waals surface area contributed by atoms with E-state index >= 15 is 0 Å². The number of ether oxygens (including phenoxy) is 1. The Morgan fingerprint density at radius 2 is 1.76 bits per heavy atom. The molecule has 0 atom stereocenters. The number of nitrogens with zero attached hydrogens (tertiary/aromatic N) is 2. The summed E-state index contributed by atoms with van der Waals surface area (Å²) in [5.41, 5.74) is 4.09. The quantitative estimate of drug-likeness (QED) is 0.502. The first-order valence-corrected chi connectivity index (χ1v) is 8.28. The van der Waals surface area contributed by atoms with Crippen molar-refractivity contribution in [3.8, 4) is 11.3 Å². The van der Waals surface area contributed by atoms with E-state index in [1.807, 2.05) is 53.2 Å². The first-order chi connectivity index (χ1) is 12.3. The lowest BCUT2D eigenvalue weighted by atomic mass is 10.1. The van der Waals surface area contributed by atoms with Gasteiger partial charge in [-0.25, -0.2) is 4.79 Å². The van der Waals surface area contributed by atoms with Crippen molar-refractivity contribution < 1.29 is 9.53 Å². The second-order valence-electron chi connectivity index (χ2n) is 5.54. The minimum absolute atomic E-state index is 0.350. The van der Waals surface area contributed by atoms with Gasteiger partial charge >= 0.3 is 5.97 Å². The van der Waals surface area contributed by atoms with E-state index in [2.05, 4.69) is 17.2 Å². The van der Waals surface area contributed by atoms with Gasteiger partial charge in [-0.1, -0.05) is 60.7 Å². The zero-order chi connectivity index (χ0) is 17.5. The maximum absolute atomic E-state index is 11.6. The van der Waals surface area contributed by atoms with Crippen molar-refractivity contribution in [2.45, 2.75) is 13.5 Å². The summed E-state index contributed by atoms with van der Waals surface area (Å²) in [6, 6.07) is 20.2. The molecule has 0 fully saturated rings. The van der Waals surface area contributed by atoms with Crippen LogP contribution in [-0.2, 0) is 16.1 Å². The van der Waals surface area contributed by atoms with Crippen LogP contribution in [0.25, 0.3) is 17.3 Å². The van der Waals surface area contributed by atoms with Crippen molar-refractivity contribution in [2.75, 3.05) is 6.61 Å². The third-order valence-electron chi connectivity index (χ3n) is 3.78. The molecule has 25 heavy (non-hydrogen) atoms. The first kappa shape index (κ1) is 16.7. The molecule has 0 aliphatic rings. The van der Waals surface area contributed by atoms with Gasteiger partial charge in [-0.15, -0.1) is 0 Å². The molecule has 3 rings (SSSR count). The van der Waals surface area contributed by atoms with Gasteiger partial charge in [0.2, 0.25) is 0 Å². The third kappa shape index (κ3) is 4.23. The lowest BCUT2D eigenvalue weighted by Gasteiger charge is -2.09. The van der Waals surface area contributed by atoms with Crippen molar-refractivity contribution >= 4 is 12.0 Å². The Kier molecular flexibility index (Phi) is 5.42. The Hall–Kier alpha value is -3.14. The van der Waals surface area contributed by atoms with Crippen LogP contribution in [0.1, 0.15) is 18.1 Å². The molecule has 0 saturated heterocycles. The molecule has 0 bridgehead atoms. The van der Waals surface area contributed by atoms with E-state index in [-0.39, 0.29) is 5.97 Å². The van der Waals surface area contributed by atoms with E-state index in [1.54, 1.807) is 19.2 Å². The zero-order valence-electron chi connectivity index (χ0n) is 14.1. The summed E-state index contributed by atoms with van der Waals surface area (Å²) in [5, 5.41) is 4.53. The van der Waals surface area contributed by atoms with Gasteiger partial charge in [-0.05, 0) is 18.6 Å². The van der Waals surface area contributed by atoms with Crippen LogP contribution in [0.15, 0.2) is 72.9 Å². The molecule has 0 spiro atoms. The third-order valence-corrected chi connectivity index (χ3v) is 3.78. The topological polar surface area (TPSA) is 44.1 Å². The SMILES string of the molecule is CCOC(=O)C=Cc1cnn(Cc2ccccc2)c1-c1ccccc1. The maximum Gasteiger partial charge on any atom is 0.330 e. The van der Waals surface area contributed by atoms with Crippen molar-refractivity contribution in [3.63, 3.8) is 0 Å². The van der Waals surface area contributed by atoms with E-state index < -0.39 is 0 Å². The number of esters is 1. The summed E-state index contributed by atoms with van der Waals surface area (Å²) in [7, 11) is 0. The monoisotopic (exact) mass is 332 g/mol. The summed E-state index contributed by atoms with van der Waals surface area (Å²) in [6.45, 7) is 2.82. The van der Waals surface area contributed by atoms with Crippen molar-refractivity contribution in [3.05, 3.63) is 84.1 Å². The molecule has 3 aromatic rings. The molecule has 4 nitrogen and oxygen atoms in total. The highest BCUT2D eigenvalue weighted by molar-refractivity contribution is 5.88. The number of benzene rings is 2. The molecular weight excluding hydrogens is 312 g/mol. The fourth-order valence-corrected chi connectivity index (χ4v) is 2.66. The fraction of sp³-hybridized carbons (Fsp3) is 0.143.